The number of benzene rings is 1. The Morgan fingerprint density at radius 3 is 2.27 bits per heavy atom. The maximum absolute atomic E-state index is 12.6. The molecule has 5 rings (SSSR count). The van der Waals surface area contributed by atoms with Crippen molar-refractivity contribution >= 4 is 11.9 Å². The minimum atomic E-state index is -1.00. The molecule has 0 aliphatic heterocycles. The Labute approximate surface area is 128 Å². The Hall–Kier alpha value is -1.84. The minimum absolute atomic E-state index is 0.0468. The van der Waals surface area contributed by atoms with Gasteiger partial charge in [0.15, 0.2) is 0 Å². The van der Waals surface area contributed by atoms with Crippen LogP contribution in [0.3, 0.4) is 0 Å². The van der Waals surface area contributed by atoms with E-state index in [1.54, 1.807) is 0 Å². The predicted molar refractivity (Wildman–Crippen MR) is 79.0 cm³/mol. The first-order valence-electron chi connectivity index (χ1n) is 8.22. The molecule has 4 saturated carbocycles. The molecule has 1 aromatic carbocycles. The first kappa shape index (κ1) is 12.7. The van der Waals surface area contributed by atoms with Crippen LogP contribution in [0.25, 0.3) is 0 Å². The molecule has 4 heteroatoms. The van der Waals surface area contributed by atoms with Gasteiger partial charge in [-0.1, -0.05) is 30.3 Å². The van der Waals surface area contributed by atoms with Crippen LogP contribution < -0.4 is 5.32 Å². The van der Waals surface area contributed by atoms with E-state index in [0.29, 0.717) is 24.3 Å². The quantitative estimate of drug-likeness (QED) is 0.890. The highest BCUT2D eigenvalue weighted by molar-refractivity contribution is 5.97. The Morgan fingerprint density at radius 1 is 1.05 bits per heavy atom. The lowest BCUT2D eigenvalue weighted by molar-refractivity contribution is -0.142. The first-order valence-corrected chi connectivity index (χ1v) is 8.22. The normalized spacial score (nSPS) is 46.4. The van der Waals surface area contributed by atoms with Gasteiger partial charge in [-0.2, -0.15) is 0 Å². The number of carboxylic acid groups (broad SMARTS) is 1. The molecule has 1 aromatic rings. The van der Waals surface area contributed by atoms with Gasteiger partial charge in [-0.05, 0) is 48.5 Å². The van der Waals surface area contributed by atoms with Crippen LogP contribution >= 0.6 is 0 Å². The van der Waals surface area contributed by atoms with Crippen LogP contribution in [0.1, 0.15) is 24.8 Å². The molecule has 4 nitrogen and oxygen atoms in total. The molecule has 0 saturated heterocycles. The molecule has 0 radical (unpaired) electrons. The summed E-state index contributed by atoms with van der Waals surface area (Å²) in [6.45, 7) is 0. The summed E-state index contributed by atoms with van der Waals surface area (Å²) in [5.41, 5.74) is -0.252. The summed E-state index contributed by atoms with van der Waals surface area (Å²) < 4.78 is 0. The molecule has 22 heavy (non-hydrogen) atoms. The van der Waals surface area contributed by atoms with Crippen molar-refractivity contribution in [2.24, 2.45) is 29.6 Å². The van der Waals surface area contributed by atoms with Gasteiger partial charge in [0.2, 0.25) is 5.91 Å². The van der Waals surface area contributed by atoms with Gasteiger partial charge < -0.3 is 10.4 Å². The Kier molecular flexibility index (Phi) is 2.26. The van der Waals surface area contributed by atoms with Crippen molar-refractivity contribution in [3.63, 3.8) is 0 Å². The highest BCUT2D eigenvalue weighted by Crippen LogP contribution is 2.69. The summed E-state index contributed by atoms with van der Waals surface area (Å²) in [6.07, 6.45) is 2.95. The fourth-order valence-corrected chi connectivity index (χ4v) is 5.07. The minimum Gasteiger partial charge on any atom is -0.481 e. The number of hydrogen-bond acceptors (Lipinski definition) is 2. The number of rotatable bonds is 4. The van der Waals surface area contributed by atoms with Crippen molar-refractivity contribution in [3.05, 3.63) is 35.9 Å². The van der Waals surface area contributed by atoms with Gasteiger partial charge in [-0.25, -0.2) is 0 Å². The van der Waals surface area contributed by atoms with E-state index in [1.165, 1.54) is 12.8 Å². The Morgan fingerprint density at radius 2 is 1.68 bits per heavy atom. The molecule has 6 atom stereocenters. The van der Waals surface area contributed by atoms with Crippen molar-refractivity contribution < 1.29 is 14.7 Å². The summed E-state index contributed by atoms with van der Waals surface area (Å²) in [6, 6.07) is 9.53. The number of carbonyl (C=O) groups is 2. The Bertz CT molecular complexity index is 656. The van der Waals surface area contributed by atoms with Crippen molar-refractivity contribution in [1.82, 2.24) is 5.32 Å². The second-order valence-corrected chi connectivity index (χ2v) is 7.56. The molecular formula is C18H19NO3. The average molecular weight is 297 g/mol. The number of aliphatic carboxylic acids is 1. The maximum atomic E-state index is 12.6. The van der Waals surface area contributed by atoms with Crippen molar-refractivity contribution in [1.29, 1.82) is 0 Å². The lowest BCUT2D eigenvalue weighted by Crippen LogP contribution is -2.40. The molecule has 114 valence electrons. The molecule has 4 aliphatic carbocycles. The number of hydrogen-bond donors (Lipinski definition) is 2. The highest BCUT2D eigenvalue weighted by Gasteiger charge is 2.69. The number of carboxylic acids is 1. The maximum Gasteiger partial charge on any atom is 0.314 e. The second-order valence-electron chi connectivity index (χ2n) is 7.56. The van der Waals surface area contributed by atoms with Crippen molar-refractivity contribution in [2.45, 2.75) is 30.7 Å². The first-order chi connectivity index (χ1) is 10.6. The Balaban J connectivity index is 1.35. The molecule has 0 unspecified atom stereocenters. The monoisotopic (exact) mass is 297 g/mol. The van der Waals surface area contributed by atoms with Crippen LogP contribution in [0.15, 0.2) is 30.3 Å². The van der Waals surface area contributed by atoms with Gasteiger partial charge >= 0.3 is 5.97 Å². The lowest BCUT2D eigenvalue weighted by atomic mass is 9.93. The van der Waals surface area contributed by atoms with Gasteiger partial charge in [0.25, 0.3) is 0 Å². The third kappa shape index (κ3) is 1.53. The van der Waals surface area contributed by atoms with Crippen LogP contribution in [-0.2, 0) is 15.0 Å². The summed E-state index contributed by atoms with van der Waals surface area (Å²) in [7, 11) is 0. The van der Waals surface area contributed by atoms with E-state index in [0.717, 1.165) is 17.4 Å². The fraction of sp³-hybridized carbons (Fsp3) is 0.556. The fourth-order valence-electron chi connectivity index (χ4n) is 5.07. The van der Waals surface area contributed by atoms with Gasteiger partial charge in [-0.3, -0.25) is 9.59 Å². The standard InChI is InChI=1S/C18H19NO3/c20-16(19-15-12-6-10(12)11-7-13(11)15)14-8-18(14,17(21)22)9-4-2-1-3-5-9/h1-5,10-15H,6-8H2,(H,19,20)(H,21,22)/t10-,11-,12-,13-,14-,18+/m1/s1. The van der Waals surface area contributed by atoms with E-state index in [1.807, 2.05) is 30.3 Å². The van der Waals surface area contributed by atoms with E-state index in [4.69, 9.17) is 0 Å². The highest BCUT2D eigenvalue weighted by atomic mass is 16.4. The molecule has 0 spiro atoms. The van der Waals surface area contributed by atoms with Crippen LogP contribution in [-0.4, -0.2) is 23.0 Å². The zero-order valence-electron chi connectivity index (χ0n) is 12.2. The summed E-state index contributed by atoms with van der Waals surface area (Å²) >= 11 is 0. The molecule has 2 N–H and O–H groups in total. The van der Waals surface area contributed by atoms with E-state index >= 15 is 0 Å². The molecule has 0 heterocycles. The second kappa shape index (κ2) is 3.92. The molecule has 4 aliphatic rings. The van der Waals surface area contributed by atoms with E-state index in [2.05, 4.69) is 5.32 Å². The number of nitrogens with one attached hydrogen (secondary N) is 1. The average Bonchev–Trinajstić information content (AvgIpc) is 3.41. The van der Waals surface area contributed by atoms with Crippen LogP contribution in [0.5, 0.6) is 0 Å². The zero-order valence-corrected chi connectivity index (χ0v) is 12.2. The van der Waals surface area contributed by atoms with Gasteiger partial charge in [0.1, 0.15) is 5.41 Å². The van der Waals surface area contributed by atoms with Crippen LogP contribution in [0, 0.1) is 29.6 Å². The SMILES string of the molecule is O=C(NC1[C@@H]2C[C@@H]2[C@H]2C[C@@H]12)[C@H]1C[C@]1(C(=O)O)c1ccccc1. The predicted octanol–water partition coefficient (Wildman–Crippen LogP) is 1.80. The molecule has 4 fully saturated rings. The zero-order chi connectivity index (χ0) is 15.1. The van der Waals surface area contributed by atoms with Crippen molar-refractivity contribution in [3.8, 4) is 0 Å². The third-order valence-electron chi connectivity index (χ3n) is 6.51. The largest absolute Gasteiger partial charge is 0.481 e. The number of carbonyl (C=O) groups excluding carboxylic acids is 1. The van der Waals surface area contributed by atoms with Gasteiger partial charge in [-0.15, -0.1) is 0 Å². The van der Waals surface area contributed by atoms with E-state index < -0.39 is 17.3 Å². The lowest BCUT2D eigenvalue weighted by Gasteiger charge is -2.18. The molecular weight excluding hydrogens is 278 g/mol. The van der Waals surface area contributed by atoms with E-state index in [-0.39, 0.29) is 5.91 Å². The van der Waals surface area contributed by atoms with Gasteiger partial charge in [0.05, 0.1) is 5.92 Å². The topological polar surface area (TPSA) is 66.4 Å². The van der Waals surface area contributed by atoms with E-state index in [9.17, 15) is 14.7 Å². The van der Waals surface area contributed by atoms with Crippen LogP contribution in [0.2, 0.25) is 0 Å². The summed E-state index contributed by atoms with van der Waals surface area (Å²) in [4.78, 5) is 24.4. The summed E-state index contributed by atoms with van der Waals surface area (Å²) in [5.74, 6) is 1.74. The third-order valence-corrected chi connectivity index (χ3v) is 6.51. The molecule has 0 bridgehead atoms. The smallest absolute Gasteiger partial charge is 0.314 e. The van der Waals surface area contributed by atoms with Gasteiger partial charge in [0, 0.05) is 6.04 Å². The molecule has 0 aromatic heterocycles. The molecule has 1 amide bonds. The van der Waals surface area contributed by atoms with Crippen molar-refractivity contribution in [2.75, 3.05) is 0 Å². The van der Waals surface area contributed by atoms with Crippen LogP contribution in [0.4, 0.5) is 0 Å². The summed E-state index contributed by atoms with van der Waals surface area (Å²) in [5, 5.41) is 12.9. The number of fused-ring (bicyclic) bond motifs is 3. The number of amides is 1.